The Labute approximate surface area is 211 Å². The quantitative estimate of drug-likeness (QED) is 0.616. The molecule has 3 saturated carbocycles. The molecule has 2 bridgehead atoms. The summed E-state index contributed by atoms with van der Waals surface area (Å²) in [4.78, 5) is 27.8. The van der Waals surface area contributed by atoms with Gasteiger partial charge in [-0.1, -0.05) is 60.7 Å². The Morgan fingerprint density at radius 2 is 1.53 bits per heavy atom. The molecule has 2 N–H and O–H groups in total. The first-order chi connectivity index (χ1) is 17.4. The molecule has 0 spiro atoms. The van der Waals surface area contributed by atoms with Crippen LogP contribution in [0.4, 0.5) is 4.39 Å². The molecule has 4 fully saturated rings. The fraction of sp³-hybridized carbons (Fsp3) is 0.483. The van der Waals surface area contributed by atoms with Gasteiger partial charge in [0.15, 0.2) is 0 Å². The number of carbonyl (C=O) groups excluding carboxylic acids is 2. The van der Waals surface area contributed by atoms with E-state index in [-0.39, 0.29) is 42.9 Å². The Balaban J connectivity index is 1.22. The number of halogens is 1. The number of hydrogen-bond acceptors (Lipinski definition) is 4. The van der Waals surface area contributed by atoms with E-state index < -0.39 is 17.6 Å². The number of likely N-dealkylation sites (tertiary alicyclic amines) is 1. The molecule has 4 aliphatic rings. The van der Waals surface area contributed by atoms with Crippen molar-refractivity contribution < 1.29 is 14.0 Å². The predicted octanol–water partition coefficient (Wildman–Crippen LogP) is 4.04. The number of nitriles is 1. The molecule has 188 valence electrons. The van der Waals surface area contributed by atoms with Crippen LogP contribution >= 0.6 is 0 Å². The van der Waals surface area contributed by atoms with Crippen LogP contribution in [-0.2, 0) is 9.59 Å². The van der Waals surface area contributed by atoms with E-state index in [4.69, 9.17) is 0 Å². The van der Waals surface area contributed by atoms with Crippen molar-refractivity contribution in [3.63, 3.8) is 0 Å². The van der Waals surface area contributed by atoms with Gasteiger partial charge in [0.25, 0.3) is 0 Å². The summed E-state index contributed by atoms with van der Waals surface area (Å²) < 4.78 is 13.7. The van der Waals surface area contributed by atoms with Crippen LogP contribution in [0.15, 0.2) is 60.7 Å². The zero-order valence-corrected chi connectivity index (χ0v) is 20.5. The fourth-order valence-electron chi connectivity index (χ4n) is 6.27. The SMILES string of the molecule is N#C[C@@H]1C[C@H](F)CN1C(=O)CNC12CCC(C(=O)NC(c3ccccc3)c3ccccc3)(CC1)CC2. The molecule has 0 radical (unpaired) electrons. The third-order valence-corrected chi connectivity index (χ3v) is 8.60. The topological polar surface area (TPSA) is 85.2 Å². The molecule has 6 rings (SSSR count). The number of amides is 2. The maximum atomic E-state index is 13.7. The minimum atomic E-state index is -1.13. The van der Waals surface area contributed by atoms with Gasteiger partial charge in [0, 0.05) is 17.4 Å². The van der Waals surface area contributed by atoms with Crippen molar-refractivity contribution >= 4 is 11.8 Å². The van der Waals surface area contributed by atoms with Crippen LogP contribution in [0.25, 0.3) is 0 Å². The Kier molecular flexibility index (Phi) is 6.81. The van der Waals surface area contributed by atoms with Crippen molar-refractivity contribution in [2.75, 3.05) is 13.1 Å². The molecule has 2 aromatic rings. The number of benzene rings is 2. The summed E-state index contributed by atoms with van der Waals surface area (Å²) in [5.74, 6) is -0.114. The molecule has 2 aromatic carbocycles. The number of alkyl halides is 1. The van der Waals surface area contributed by atoms with Gasteiger partial charge in [0.05, 0.1) is 25.2 Å². The second kappa shape index (κ2) is 10.0. The molecule has 0 unspecified atom stereocenters. The lowest BCUT2D eigenvalue weighted by atomic mass is 9.56. The molecule has 3 aliphatic carbocycles. The van der Waals surface area contributed by atoms with Gasteiger partial charge in [-0.3, -0.25) is 9.59 Å². The smallest absolute Gasteiger partial charge is 0.237 e. The summed E-state index contributed by atoms with van der Waals surface area (Å²) >= 11 is 0. The summed E-state index contributed by atoms with van der Waals surface area (Å²) in [6.07, 6.45) is 3.75. The number of rotatable bonds is 7. The van der Waals surface area contributed by atoms with Gasteiger partial charge in [0.2, 0.25) is 11.8 Å². The number of hydrogen-bond donors (Lipinski definition) is 2. The van der Waals surface area contributed by atoms with Gasteiger partial charge in [0.1, 0.15) is 12.2 Å². The van der Waals surface area contributed by atoms with Crippen molar-refractivity contribution in [3.05, 3.63) is 71.8 Å². The highest BCUT2D eigenvalue weighted by molar-refractivity contribution is 5.84. The van der Waals surface area contributed by atoms with Crippen LogP contribution in [0, 0.1) is 16.7 Å². The van der Waals surface area contributed by atoms with Crippen LogP contribution in [-0.4, -0.2) is 47.6 Å². The van der Waals surface area contributed by atoms with Gasteiger partial charge in [-0.15, -0.1) is 0 Å². The molecule has 2 atom stereocenters. The third-order valence-electron chi connectivity index (χ3n) is 8.60. The van der Waals surface area contributed by atoms with Gasteiger partial charge in [-0.25, -0.2) is 4.39 Å². The van der Waals surface area contributed by atoms with Crippen LogP contribution in [0.5, 0.6) is 0 Å². The normalized spacial score (nSPS) is 29.2. The highest BCUT2D eigenvalue weighted by Crippen LogP contribution is 2.52. The predicted molar refractivity (Wildman–Crippen MR) is 134 cm³/mol. The van der Waals surface area contributed by atoms with Crippen molar-refractivity contribution in [3.8, 4) is 6.07 Å². The summed E-state index contributed by atoms with van der Waals surface area (Å²) in [7, 11) is 0. The highest BCUT2D eigenvalue weighted by Gasteiger charge is 2.52. The maximum Gasteiger partial charge on any atom is 0.237 e. The molecule has 0 aromatic heterocycles. The van der Waals surface area contributed by atoms with E-state index >= 15 is 0 Å². The molecule has 2 amide bonds. The lowest BCUT2D eigenvalue weighted by molar-refractivity contribution is -0.140. The first-order valence-electron chi connectivity index (χ1n) is 12.9. The van der Waals surface area contributed by atoms with E-state index in [1.54, 1.807) is 0 Å². The highest BCUT2D eigenvalue weighted by atomic mass is 19.1. The van der Waals surface area contributed by atoms with E-state index in [1.165, 1.54) is 4.90 Å². The van der Waals surface area contributed by atoms with Crippen LogP contribution in [0.1, 0.15) is 62.1 Å². The molecular formula is C29H33FN4O2. The van der Waals surface area contributed by atoms with E-state index in [0.29, 0.717) is 0 Å². The summed E-state index contributed by atoms with van der Waals surface area (Å²) in [6, 6.07) is 21.3. The van der Waals surface area contributed by atoms with Crippen LogP contribution < -0.4 is 10.6 Å². The second-order valence-electron chi connectivity index (χ2n) is 10.7. The Bertz CT molecular complexity index is 1070. The number of carbonyl (C=O) groups is 2. The van der Waals surface area contributed by atoms with Gasteiger partial charge < -0.3 is 15.5 Å². The largest absolute Gasteiger partial charge is 0.345 e. The average Bonchev–Trinajstić information content (AvgIpc) is 3.33. The number of fused-ring (bicyclic) bond motifs is 3. The van der Waals surface area contributed by atoms with Gasteiger partial charge in [-0.05, 0) is 49.7 Å². The summed E-state index contributed by atoms with van der Waals surface area (Å²) in [5, 5.41) is 16.1. The minimum Gasteiger partial charge on any atom is -0.345 e. The van der Waals surface area contributed by atoms with Crippen molar-refractivity contribution in [2.45, 2.75) is 68.7 Å². The van der Waals surface area contributed by atoms with E-state index in [2.05, 4.69) is 10.6 Å². The van der Waals surface area contributed by atoms with Crippen LogP contribution in [0.2, 0.25) is 0 Å². The van der Waals surface area contributed by atoms with Crippen molar-refractivity contribution in [2.24, 2.45) is 5.41 Å². The lowest BCUT2D eigenvalue weighted by Crippen LogP contribution is -2.60. The third kappa shape index (κ3) is 4.75. The zero-order chi connectivity index (χ0) is 25.2. The van der Waals surface area contributed by atoms with E-state index in [0.717, 1.165) is 49.7 Å². The molecule has 1 heterocycles. The number of nitrogens with one attached hydrogen (secondary N) is 2. The molecular weight excluding hydrogens is 455 g/mol. The minimum absolute atomic E-state index is 0.000975. The monoisotopic (exact) mass is 488 g/mol. The average molecular weight is 489 g/mol. The second-order valence-corrected chi connectivity index (χ2v) is 10.7. The Morgan fingerprint density at radius 1 is 0.972 bits per heavy atom. The Hall–Kier alpha value is -3.24. The maximum absolute atomic E-state index is 13.7. The molecule has 1 aliphatic heterocycles. The van der Waals surface area contributed by atoms with Crippen molar-refractivity contribution in [1.82, 2.24) is 15.5 Å². The van der Waals surface area contributed by atoms with Gasteiger partial charge in [-0.2, -0.15) is 5.26 Å². The van der Waals surface area contributed by atoms with E-state index in [9.17, 15) is 19.2 Å². The molecule has 36 heavy (non-hydrogen) atoms. The molecule has 6 nitrogen and oxygen atoms in total. The number of nitrogens with zero attached hydrogens (tertiary/aromatic N) is 2. The lowest BCUT2D eigenvalue weighted by Gasteiger charge is -2.53. The summed E-state index contributed by atoms with van der Waals surface area (Å²) in [6.45, 7) is 0.104. The van der Waals surface area contributed by atoms with Crippen molar-refractivity contribution in [1.29, 1.82) is 5.26 Å². The van der Waals surface area contributed by atoms with E-state index in [1.807, 2.05) is 66.7 Å². The first kappa shape index (κ1) is 24.5. The summed E-state index contributed by atoms with van der Waals surface area (Å²) in [5.41, 5.74) is 1.55. The zero-order valence-electron chi connectivity index (χ0n) is 20.5. The fourth-order valence-corrected chi connectivity index (χ4v) is 6.27. The first-order valence-corrected chi connectivity index (χ1v) is 12.9. The van der Waals surface area contributed by atoms with Crippen LogP contribution in [0.3, 0.4) is 0 Å². The molecule has 7 heteroatoms. The Morgan fingerprint density at radius 3 is 2.06 bits per heavy atom. The van der Waals surface area contributed by atoms with Gasteiger partial charge >= 0.3 is 0 Å². The standard InChI is InChI=1S/C29H33FN4O2/c30-23-17-24(18-31)34(20-23)25(35)19-32-29-14-11-28(12-15-29,13-16-29)27(36)33-26(21-7-3-1-4-8-21)22-9-5-2-6-10-22/h1-10,23-24,26,32H,11-17,19-20H2,(H,33,36)/t23-,24-,28?,29?/m0/s1. The molecule has 1 saturated heterocycles.